The Morgan fingerprint density at radius 1 is 0.759 bits per heavy atom. The third-order valence-corrected chi connectivity index (χ3v) is 11.1. The van der Waals surface area contributed by atoms with Gasteiger partial charge in [0.15, 0.2) is 19.7 Å². The molecule has 0 aromatic heterocycles. The summed E-state index contributed by atoms with van der Waals surface area (Å²) in [4.78, 5) is 0.350. The van der Waals surface area contributed by atoms with Crippen LogP contribution in [0.4, 0.5) is 0 Å². The van der Waals surface area contributed by atoms with Crippen LogP contribution in [0.1, 0.15) is 38.5 Å². The predicted octanol–water partition coefficient (Wildman–Crippen LogP) is 3.39. The van der Waals surface area contributed by atoms with Crippen molar-refractivity contribution in [3.05, 3.63) is 60.7 Å². The molecule has 5 nitrogen and oxygen atoms in total. The number of fused-ring (bicyclic) bond motifs is 1. The van der Waals surface area contributed by atoms with Crippen LogP contribution in [0.2, 0.25) is 0 Å². The Morgan fingerprint density at radius 3 is 1.90 bits per heavy atom. The maximum atomic E-state index is 13.5. The standard InChI is InChI=1S/C22H26O5S2/c23-22-14-8-7-9-17(22)15-20(28(24,25)18-10-3-1-4-11-18)16-21(22)29(26,27)19-12-5-2-6-13-19/h1-6,10-13,17,20-21,23H,7-9,14-16H2/t17-,20+,21-,22+/m1/s1. The zero-order valence-corrected chi connectivity index (χ0v) is 17.8. The van der Waals surface area contributed by atoms with E-state index in [0.717, 1.165) is 12.8 Å². The second-order valence-electron chi connectivity index (χ2n) is 8.23. The topological polar surface area (TPSA) is 88.5 Å². The van der Waals surface area contributed by atoms with Crippen molar-refractivity contribution in [3.63, 3.8) is 0 Å². The molecule has 0 radical (unpaired) electrons. The van der Waals surface area contributed by atoms with Gasteiger partial charge in [-0.2, -0.15) is 0 Å². The van der Waals surface area contributed by atoms with E-state index in [1.165, 1.54) is 12.1 Å². The van der Waals surface area contributed by atoms with E-state index in [4.69, 9.17) is 0 Å². The summed E-state index contributed by atoms with van der Waals surface area (Å²) in [6.45, 7) is 0. The molecule has 0 aliphatic heterocycles. The first-order chi connectivity index (χ1) is 13.8. The fourth-order valence-corrected chi connectivity index (χ4v) is 9.25. The van der Waals surface area contributed by atoms with Gasteiger partial charge in [0, 0.05) is 0 Å². The smallest absolute Gasteiger partial charge is 0.184 e. The van der Waals surface area contributed by atoms with E-state index in [-0.39, 0.29) is 22.1 Å². The Kier molecular flexibility index (Phi) is 5.34. The van der Waals surface area contributed by atoms with Crippen molar-refractivity contribution in [2.24, 2.45) is 5.92 Å². The maximum Gasteiger partial charge on any atom is 0.184 e. The van der Waals surface area contributed by atoms with Crippen molar-refractivity contribution in [1.29, 1.82) is 0 Å². The van der Waals surface area contributed by atoms with Crippen molar-refractivity contribution >= 4 is 19.7 Å². The van der Waals surface area contributed by atoms with Crippen LogP contribution in [0, 0.1) is 5.92 Å². The molecule has 2 aliphatic rings. The highest BCUT2D eigenvalue weighted by molar-refractivity contribution is 7.93. The minimum atomic E-state index is -3.88. The molecule has 156 valence electrons. The molecule has 2 fully saturated rings. The van der Waals surface area contributed by atoms with E-state index < -0.39 is 35.8 Å². The Morgan fingerprint density at radius 2 is 1.31 bits per heavy atom. The van der Waals surface area contributed by atoms with Gasteiger partial charge in [-0.05, 0) is 55.9 Å². The van der Waals surface area contributed by atoms with Crippen LogP contribution in [0.25, 0.3) is 0 Å². The molecule has 0 spiro atoms. The molecular formula is C22H26O5S2. The quantitative estimate of drug-likeness (QED) is 0.797. The molecule has 2 saturated carbocycles. The highest BCUT2D eigenvalue weighted by atomic mass is 32.2. The van der Waals surface area contributed by atoms with Gasteiger partial charge in [-0.1, -0.05) is 49.2 Å². The summed E-state index contributed by atoms with van der Waals surface area (Å²) < 4.78 is 53.6. The first kappa shape index (κ1) is 20.6. The molecule has 2 aliphatic carbocycles. The highest BCUT2D eigenvalue weighted by Crippen LogP contribution is 2.49. The second kappa shape index (κ2) is 7.52. The molecule has 2 aromatic rings. The first-order valence-electron chi connectivity index (χ1n) is 10.1. The maximum absolute atomic E-state index is 13.5. The number of sulfone groups is 2. The van der Waals surface area contributed by atoms with Crippen LogP contribution in [-0.2, 0) is 19.7 Å². The molecule has 7 heteroatoms. The highest BCUT2D eigenvalue weighted by Gasteiger charge is 2.57. The van der Waals surface area contributed by atoms with Gasteiger partial charge in [0.2, 0.25) is 0 Å². The van der Waals surface area contributed by atoms with E-state index in [2.05, 4.69) is 0 Å². The monoisotopic (exact) mass is 434 g/mol. The summed E-state index contributed by atoms with van der Waals surface area (Å²) in [7, 11) is -7.57. The molecule has 1 N–H and O–H groups in total. The molecule has 4 atom stereocenters. The predicted molar refractivity (Wildman–Crippen MR) is 111 cm³/mol. The average Bonchev–Trinajstić information content (AvgIpc) is 2.73. The minimum absolute atomic E-state index is 0.0819. The molecule has 0 bridgehead atoms. The summed E-state index contributed by atoms with van der Waals surface area (Å²) in [5, 5.41) is 9.58. The molecule has 0 amide bonds. The lowest BCUT2D eigenvalue weighted by Gasteiger charge is -2.50. The van der Waals surface area contributed by atoms with E-state index >= 15 is 0 Å². The van der Waals surface area contributed by atoms with E-state index in [9.17, 15) is 21.9 Å². The van der Waals surface area contributed by atoms with Gasteiger partial charge < -0.3 is 5.11 Å². The second-order valence-corrected chi connectivity index (χ2v) is 12.6. The molecule has 29 heavy (non-hydrogen) atoms. The van der Waals surface area contributed by atoms with Crippen molar-refractivity contribution in [2.45, 2.75) is 64.4 Å². The Labute approximate surface area is 172 Å². The third kappa shape index (κ3) is 3.53. The fraction of sp³-hybridized carbons (Fsp3) is 0.455. The molecule has 0 heterocycles. The largest absolute Gasteiger partial charge is 0.388 e. The van der Waals surface area contributed by atoms with Crippen LogP contribution in [0.5, 0.6) is 0 Å². The zero-order valence-electron chi connectivity index (χ0n) is 16.1. The lowest BCUT2D eigenvalue weighted by molar-refractivity contribution is -0.0699. The molecular weight excluding hydrogens is 408 g/mol. The number of hydrogen-bond donors (Lipinski definition) is 1. The van der Waals surface area contributed by atoms with Crippen molar-refractivity contribution in [2.75, 3.05) is 0 Å². The van der Waals surface area contributed by atoms with Crippen LogP contribution >= 0.6 is 0 Å². The molecule has 2 aromatic carbocycles. The van der Waals surface area contributed by atoms with Crippen molar-refractivity contribution in [3.8, 4) is 0 Å². The van der Waals surface area contributed by atoms with Gasteiger partial charge in [0.25, 0.3) is 0 Å². The molecule has 4 rings (SSSR count). The van der Waals surface area contributed by atoms with E-state index in [1.54, 1.807) is 48.5 Å². The lowest BCUT2D eigenvalue weighted by Crippen LogP contribution is -2.59. The minimum Gasteiger partial charge on any atom is -0.388 e. The number of benzene rings is 2. The van der Waals surface area contributed by atoms with Crippen LogP contribution in [0.15, 0.2) is 70.5 Å². The average molecular weight is 435 g/mol. The lowest BCUT2D eigenvalue weighted by atomic mass is 9.67. The van der Waals surface area contributed by atoms with Crippen molar-refractivity contribution in [1.82, 2.24) is 0 Å². The van der Waals surface area contributed by atoms with Gasteiger partial charge in [-0.25, -0.2) is 16.8 Å². The number of aliphatic hydroxyl groups is 1. The Hall–Kier alpha value is -1.70. The summed E-state index contributed by atoms with van der Waals surface area (Å²) in [5.74, 6) is -0.336. The SMILES string of the molecule is O=S(=O)(c1ccccc1)[C@H]1C[C@H]2CCCC[C@@]2(O)[C@H](S(=O)(=O)c2ccccc2)C1. The fourth-order valence-electron chi connectivity index (χ4n) is 5.08. The van der Waals surface area contributed by atoms with Crippen LogP contribution in [0.3, 0.4) is 0 Å². The van der Waals surface area contributed by atoms with E-state index in [0.29, 0.717) is 19.3 Å². The summed E-state index contributed by atoms with van der Waals surface area (Å²) >= 11 is 0. The Bertz CT molecular complexity index is 1060. The Balaban J connectivity index is 1.78. The third-order valence-electron chi connectivity index (χ3n) is 6.63. The van der Waals surface area contributed by atoms with Crippen LogP contribution in [-0.4, -0.2) is 38.0 Å². The van der Waals surface area contributed by atoms with E-state index in [1.807, 2.05) is 0 Å². The summed E-state index contributed by atoms with van der Waals surface area (Å²) in [6, 6.07) is 16.3. The molecule has 0 saturated heterocycles. The number of rotatable bonds is 4. The van der Waals surface area contributed by atoms with Gasteiger partial charge in [0.1, 0.15) is 0 Å². The van der Waals surface area contributed by atoms with Crippen LogP contribution < -0.4 is 0 Å². The summed E-state index contributed by atoms with van der Waals surface area (Å²) in [6.07, 6.45) is 2.90. The zero-order chi connectivity index (χ0) is 20.7. The normalized spacial score (nSPS) is 30.4. The summed E-state index contributed by atoms with van der Waals surface area (Å²) in [5.41, 5.74) is -1.38. The van der Waals surface area contributed by atoms with Gasteiger partial charge in [-0.3, -0.25) is 0 Å². The van der Waals surface area contributed by atoms with Gasteiger partial charge >= 0.3 is 0 Å². The first-order valence-corrected chi connectivity index (χ1v) is 13.2. The van der Waals surface area contributed by atoms with Gasteiger partial charge in [-0.15, -0.1) is 0 Å². The molecule has 0 unspecified atom stereocenters. The number of hydrogen-bond acceptors (Lipinski definition) is 5. The van der Waals surface area contributed by atoms with Gasteiger partial charge in [0.05, 0.1) is 25.9 Å². The van der Waals surface area contributed by atoms with Crippen molar-refractivity contribution < 1.29 is 21.9 Å².